The van der Waals surface area contributed by atoms with Crippen LogP contribution in [-0.2, 0) is 14.4 Å². The number of hydrogen-bond donors (Lipinski definition) is 3. The molecule has 0 aliphatic heterocycles. The van der Waals surface area contributed by atoms with E-state index in [9.17, 15) is 24.6 Å². The topological polar surface area (TPSA) is 127 Å². The number of hydrogen-bond acceptors (Lipinski definition) is 5. The summed E-state index contributed by atoms with van der Waals surface area (Å²) in [5.74, 6) is -2.32. The minimum Gasteiger partial charge on any atom is -0.550 e. The molecule has 0 fully saturated rings. The minimum absolute atomic E-state index is 0. The fourth-order valence-corrected chi connectivity index (χ4v) is 2.56. The van der Waals surface area contributed by atoms with E-state index in [1.54, 1.807) is 0 Å². The van der Waals surface area contributed by atoms with Crippen molar-refractivity contribution in [2.24, 2.45) is 0 Å². The Morgan fingerprint density at radius 1 is 1.04 bits per heavy atom. The average Bonchev–Trinajstić information content (AvgIpc) is 2.55. The van der Waals surface area contributed by atoms with Crippen molar-refractivity contribution in [3.05, 3.63) is 12.2 Å². The third-order valence-electron chi connectivity index (χ3n) is 4.01. The number of aliphatic carboxylic acids is 2. The van der Waals surface area contributed by atoms with Crippen molar-refractivity contribution in [1.29, 1.82) is 0 Å². The van der Waals surface area contributed by atoms with Crippen molar-refractivity contribution in [1.82, 2.24) is 5.32 Å². The Labute approximate surface area is 177 Å². The van der Waals surface area contributed by atoms with E-state index >= 15 is 0 Å². The Morgan fingerprint density at radius 3 is 2.23 bits per heavy atom. The number of aliphatic hydroxyl groups is 1. The van der Waals surface area contributed by atoms with E-state index in [0.717, 1.165) is 6.42 Å². The molecular weight excluding hydrogens is 351 g/mol. The molecule has 0 saturated heterocycles. The molecule has 3 N–H and O–H groups in total. The summed E-state index contributed by atoms with van der Waals surface area (Å²) in [4.78, 5) is 33.4. The zero-order valence-corrected chi connectivity index (χ0v) is 17.9. The molecule has 0 aliphatic carbocycles. The van der Waals surface area contributed by atoms with Crippen LogP contribution in [0, 0.1) is 0 Å². The first kappa shape index (κ1) is 27.3. The number of carboxylic acids is 2. The summed E-state index contributed by atoms with van der Waals surface area (Å²) in [5.41, 5.74) is 0. The molecule has 0 aliphatic rings. The van der Waals surface area contributed by atoms with Gasteiger partial charge in [-0.15, -0.1) is 0 Å². The van der Waals surface area contributed by atoms with Gasteiger partial charge in [-0.1, -0.05) is 19.1 Å². The second kappa shape index (κ2) is 16.3. The SMILES string of the molecule is CC/C=C/CCC(=O)NCC[N+](CCO)(CCC(=O)[O-])CCC(=O)O.[Na+]. The van der Waals surface area contributed by atoms with Gasteiger partial charge in [-0.3, -0.25) is 9.59 Å². The maximum atomic E-state index is 11.8. The Morgan fingerprint density at radius 2 is 1.69 bits per heavy atom. The van der Waals surface area contributed by atoms with Gasteiger partial charge in [0.15, 0.2) is 0 Å². The molecule has 0 bridgehead atoms. The fraction of sp³-hybridized carbons (Fsp3) is 0.706. The van der Waals surface area contributed by atoms with Gasteiger partial charge in [0.05, 0.1) is 39.2 Å². The second-order valence-corrected chi connectivity index (χ2v) is 5.99. The Bertz CT molecular complexity index is 439. The normalized spacial score (nSPS) is 13.0. The fourth-order valence-electron chi connectivity index (χ4n) is 2.56. The smallest absolute Gasteiger partial charge is 0.550 e. The number of allylic oxidation sites excluding steroid dienone is 2. The number of nitrogens with zero attached hydrogens (tertiary/aromatic N) is 1. The molecule has 144 valence electrons. The van der Waals surface area contributed by atoms with Gasteiger partial charge in [0, 0.05) is 18.8 Å². The number of carbonyl (C=O) groups is 3. The first-order valence-electron chi connectivity index (χ1n) is 8.64. The molecule has 1 amide bonds. The maximum absolute atomic E-state index is 11.8. The van der Waals surface area contributed by atoms with Crippen LogP contribution in [0.5, 0.6) is 0 Å². The standard InChI is InChI=1S/C17H30N2O6.Na/c1-2-3-4-5-6-15(21)18-9-12-19(13-14-20,10-7-16(22)23)11-8-17(24)25;/h3-4,20H,2,5-14H2,1H3,(H2-,18,21,22,23,24,25);/q;+1/b4-3+;. The number of carboxylic acid groups (broad SMARTS) is 2. The summed E-state index contributed by atoms with van der Waals surface area (Å²) in [6.45, 7) is 3.06. The van der Waals surface area contributed by atoms with Crippen LogP contribution in [0.25, 0.3) is 0 Å². The molecule has 0 aromatic heterocycles. The first-order chi connectivity index (χ1) is 11.8. The maximum Gasteiger partial charge on any atom is 1.00 e. The van der Waals surface area contributed by atoms with E-state index in [1.165, 1.54) is 0 Å². The summed E-state index contributed by atoms with van der Waals surface area (Å²) in [6.07, 6.45) is 5.51. The predicted molar refractivity (Wildman–Crippen MR) is 90.4 cm³/mol. The van der Waals surface area contributed by atoms with Gasteiger partial charge in [0.25, 0.3) is 0 Å². The molecule has 0 radical (unpaired) electrons. The van der Waals surface area contributed by atoms with Gasteiger partial charge >= 0.3 is 35.5 Å². The number of amides is 1. The monoisotopic (exact) mass is 381 g/mol. The molecule has 0 aromatic rings. The molecule has 0 spiro atoms. The quantitative estimate of drug-likeness (QED) is 0.152. The molecular formula is C17H30N2NaO6+. The summed E-state index contributed by atoms with van der Waals surface area (Å²) < 4.78 is 0.118. The summed E-state index contributed by atoms with van der Waals surface area (Å²) in [7, 11) is 0. The number of quaternary nitrogens is 1. The predicted octanol–water partition coefficient (Wildman–Crippen LogP) is -3.72. The molecule has 26 heavy (non-hydrogen) atoms. The van der Waals surface area contributed by atoms with Gasteiger partial charge < -0.3 is 29.9 Å². The van der Waals surface area contributed by atoms with Crippen LogP contribution in [0.1, 0.15) is 39.0 Å². The summed E-state index contributed by atoms with van der Waals surface area (Å²) >= 11 is 0. The Hall–Kier alpha value is -0.930. The molecule has 0 rings (SSSR count). The van der Waals surface area contributed by atoms with E-state index in [4.69, 9.17) is 5.11 Å². The van der Waals surface area contributed by atoms with Crippen LogP contribution in [0.2, 0.25) is 0 Å². The van der Waals surface area contributed by atoms with Crippen molar-refractivity contribution in [2.45, 2.75) is 39.0 Å². The second-order valence-electron chi connectivity index (χ2n) is 5.99. The van der Waals surface area contributed by atoms with Gasteiger partial charge in [-0.05, 0) is 12.8 Å². The van der Waals surface area contributed by atoms with Crippen LogP contribution in [0.3, 0.4) is 0 Å². The van der Waals surface area contributed by atoms with Crippen LogP contribution >= 0.6 is 0 Å². The van der Waals surface area contributed by atoms with Crippen LogP contribution in [-0.4, -0.2) is 71.9 Å². The Balaban J connectivity index is 0. The van der Waals surface area contributed by atoms with Gasteiger partial charge in [0.1, 0.15) is 6.54 Å². The van der Waals surface area contributed by atoms with Crippen LogP contribution in [0.4, 0.5) is 0 Å². The zero-order valence-electron chi connectivity index (χ0n) is 15.9. The van der Waals surface area contributed by atoms with E-state index in [-0.39, 0.29) is 79.0 Å². The first-order valence-corrected chi connectivity index (χ1v) is 8.64. The number of carbonyl (C=O) groups excluding carboxylic acids is 2. The van der Waals surface area contributed by atoms with Crippen molar-refractivity contribution < 1.29 is 63.7 Å². The van der Waals surface area contributed by atoms with E-state index < -0.39 is 11.9 Å². The Kier molecular flexibility index (Phi) is 17.1. The zero-order chi connectivity index (χ0) is 19.1. The van der Waals surface area contributed by atoms with Crippen molar-refractivity contribution in [2.75, 3.05) is 39.3 Å². The van der Waals surface area contributed by atoms with E-state index in [0.29, 0.717) is 25.9 Å². The third kappa shape index (κ3) is 14.3. The minimum atomic E-state index is -1.22. The molecule has 1 unspecified atom stereocenters. The van der Waals surface area contributed by atoms with E-state index in [1.807, 2.05) is 19.1 Å². The summed E-state index contributed by atoms with van der Waals surface area (Å²) in [6, 6.07) is 0. The molecule has 0 heterocycles. The van der Waals surface area contributed by atoms with Gasteiger partial charge in [0.2, 0.25) is 5.91 Å². The largest absolute Gasteiger partial charge is 1.00 e. The van der Waals surface area contributed by atoms with Crippen molar-refractivity contribution in [3.8, 4) is 0 Å². The molecule has 9 heteroatoms. The van der Waals surface area contributed by atoms with Crippen LogP contribution in [0.15, 0.2) is 12.2 Å². The van der Waals surface area contributed by atoms with Gasteiger partial charge in [-0.25, -0.2) is 0 Å². The van der Waals surface area contributed by atoms with Gasteiger partial charge in [-0.2, -0.15) is 0 Å². The third-order valence-corrected chi connectivity index (χ3v) is 4.01. The molecule has 1 atom stereocenters. The number of aliphatic hydroxyl groups excluding tert-OH is 1. The summed E-state index contributed by atoms with van der Waals surface area (Å²) in [5, 5.41) is 31.7. The van der Waals surface area contributed by atoms with E-state index in [2.05, 4.69) is 5.32 Å². The molecule has 8 nitrogen and oxygen atoms in total. The number of rotatable bonds is 15. The van der Waals surface area contributed by atoms with Crippen molar-refractivity contribution in [3.63, 3.8) is 0 Å². The number of nitrogens with one attached hydrogen (secondary N) is 1. The van der Waals surface area contributed by atoms with Crippen LogP contribution < -0.4 is 40.0 Å². The molecule has 0 saturated carbocycles. The molecule has 0 aromatic carbocycles. The van der Waals surface area contributed by atoms with Crippen molar-refractivity contribution >= 4 is 17.8 Å². The average molecular weight is 381 g/mol.